The van der Waals surface area contributed by atoms with Gasteiger partial charge in [-0.25, -0.2) is 15.0 Å². The minimum Gasteiger partial charge on any atom is -0.345 e. The molecular formula is C20H25N6OS+. The van der Waals surface area contributed by atoms with Crippen LogP contribution in [0.4, 0.5) is 11.6 Å². The van der Waals surface area contributed by atoms with Crippen molar-refractivity contribution in [1.29, 1.82) is 0 Å². The largest absolute Gasteiger partial charge is 0.345 e. The normalized spacial score (nSPS) is 15.2. The smallest absolute Gasteiger partial charge is 0.267 e. The number of aromatic nitrogens is 3. The van der Waals surface area contributed by atoms with Crippen LogP contribution >= 0.6 is 11.3 Å². The number of likely N-dealkylation sites (N-methyl/N-ethyl adjacent to an activating group) is 1. The summed E-state index contributed by atoms with van der Waals surface area (Å²) in [6, 6.07) is 5.59. The van der Waals surface area contributed by atoms with Gasteiger partial charge in [-0.15, -0.1) is 11.3 Å². The van der Waals surface area contributed by atoms with Gasteiger partial charge in [-0.3, -0.25) is 4.79 Å². The van der Waals surface area contributed by atoms with Gasteiger partial charge in [-0.1, -0.05) is 6.07 Å². The van der Waals surface area contributed by atoms with Gasteiger partial charge in [0.15, 0.2) is 0 Å². The Morgan fingerprint density at radius 1 is 1.14 bits per heavy atom. The molecule has 8 heteroatoms. The molecular weight excluding hydrogens is 372 g/mol. The standard InChI is InChI=1S/C20H24N6OS/c1-12-6-5-7-15(21-12)24-19(27)17-13(2)16-18(22-14(3)23-20(16)28-17)26-10-8-25(4)9-11-26/h5-7H,8-11H2,1-4H3,(H,21,24,27)/p+1. The summed E-state index contributed by atoms with van der Waals surface area (Å²) in [6.07, 6.45) is 0. The third-order valence-corrected chi connectivity index (χ3v) is 6.32. The van der Waals surface area contributed by atoms with Gasteiger partial charge in [0, 0.05) is 5.69 Å². The second-order valence-electron chi connectivity index (χ2n) is 7.39. The zero-order valence-electron chi connectivity index (χ0n) is 16.7. The first kappa shape index (κ1) is 18.8. The Balaban J connectivity index is 1.72. The minimum atomic E-state index is -0.148. The summed E-state index contributed by atoms with van der Waals surface area (Å²) in [6.45, 7) is 9.89. The van der Waals surface area contributed by atoms with Crippen LogP contribution < -0.4 is 15.1 Å². The molecule has 0 unspecified atom stereocenters. The second kappa shape index (κ2) is 7.44. The molecule has 0 saturated carbocycles. The van der Waals surface area contributed by atoms with Gasteiger partial charge in [-0.2, -0.15) is 0 Å². The van der Waals surface area contributed by atoms with Crippen LogP contribution in [0.3, 0.4) is 0 Å². The van der Waals surface area contributed by atoms with E-state index in [4.69, 9.17) is 4.98 Å². The number of carbonyl (C=O) groups is 1. The van der Waals surface area contributed by atoms with E-state index in [-0.39, 0.29) is 5.91 Å². The van der Waals surface area contributed by atoms with E-state index in [1.165, 1.54) is 16.2 Å². The van der Waals surface area contributed by atoms with Gasteiger partial charge < -0.3 is 15.1 Å². The summed E-state index contributed by atoms with van der Waals surface area (Å²) in [5.41, 5.74) is 1.80. The predicted molar refractivity (Wildman–Crippen MR) is 113 cm³/mol. The molecule has 1 aliphatic rings. The molecule has 1 saturated heterocycles. The van der Waals surface area contributed by atoms with Crippen molar-refractivity contribution in [2.24, 2.45) is 0 Å². The van der Waals surface area contributed by atoms with Gasteiger partial charge >= 0.3 is 0 Å². The molecule has 0 bridgehead atoms. The van der Waals surface area contributed by atoms with Gasteiger partial charge in [0.2, 0.25) is 0 Å². The summed E-state index contributed by atoms with van der Waals surface area (Å²) in [5, 5.41) is 3.91. The number of carbonyl (C=O) groups excluding carboxylic acids is 1. The molecule has 4 rings (SSSR count). The molecule has 1 aliphatic heterocycles. The van der Waals surface area contributed by atoms with Crippen molar-refractivity contribution in [3.63, 3.8) is 0 Å². The van der Waals surface area contributed by atoms with E-state index in [1.54, 1.807) is 6.07 Å². The quantitative estimate of drug-likeness (QED) is 0.702. The summed E-state index contributed by atoms with van der Waals surface area (Å²) >= 11 is 1.43. The molecule has 1 amide bonds. The highest BCUT2D eigenvalue weighted by Gasteiger charge is 2.25. The molecule has 28 heavy (non-hydrogen) atoms. The van der Waals surface area contributed by atoms with E-state index < -0.39 is 0 Å². The zero-order chi connectivity index (χ0) is 19.8. The highest BCUT2D eigenvalue weighted by Crippen LogP contribution is 2.35. The molecule has 0 radical (unpaired) electrons. The Kier molecular flexibility index (Phi) is 4.99. The van der Waals surface area contributed by atoms with Crippen LogP contribution in [0.1, 0.15) is 26.8 Å². The first-order chi connectivity index (χ1) is 13.4. The van der Waals surface area contributed by atoms with E-state index in [1.807, 2.05) is 32.9 Å². The van der Waals surface area contributed by atoms with Crippen LogP contribution in [0, 0.1) is 20.8 Å². The fraction of sp³-hybridized carbons (Fsp3) is 0.400. The molecule has 3 aromatic heterocycles. The molecule has 0 atom stereocenters. The van der Waals surface area contributed by atoms with E-state index in [9.17, 15) is 4.79 Å². The lowest BCUT2D eigenvalue weighted by Crippen LogP contribution is -3.12. The number of hydrogen-bond donors (Lipinski definition) is 2. The lowest BCUT2D eigenvalue weighted by Gasteiger charge is -2.31. The number of aryl methyl sites for hydroxylation is 3. The third kappa shape index (κ3) is 3.57. The average molecular weight is 398 g/mol. The lowest BCUT2D eigenvalue weighted by molar-refractivity contribution is -0.880. The first-order valence-electron chi connectivity index (χ1n) is 9.51. The number of anilines is 2. The summed E-state index contributed by atoms with van der Waals surface area (Å²) in [5.74, 6) is 2.11. The number of pyridine rings is 1. The highest BCUT2D eigenvalue weighted by atomic mass is 32.1. The number of rotatable bonds is 3. The molecule has 7 nitrogen and oxygen atoms in total. The van der Waals surface area contributed by atoms with Crippen LogP contribution in [0.15, 0.2) is 18.2 Å². The van der Waals surface area contributed by atoms with Crippen LogP contribution in [0.2, 0.25) is 0 Å². The van der Waals surface area contributed by atoms with Gasteiger partial charge in [0.1, 0.15) is 22.3 Å². The average Bonchev–Trinajstić information content (AvgIpc) is 2.98. The van der Waals surface area contributed by atoms with Crippen molar-refractivity contribution >= 4 is 39.1 Å². The molecule has 3 aromatic rings. The molecule has 1 fully saturated rings. The van der Waals surface area contributed by atoms with E-state index in [0.717, 1.165) is 59.3 Å². The number of nitrogens with one attached hydrogen (secondary N) is 2. The Labute approximate surface area is 168 Å². The van der Waals surface area contributed by atoms with Crippen molar-refractivity contribution in [2.45, 2.75) is 20.8 Å². The summed E-state index contributed by atoms with van der Waals surface area (Å²) in [7, 11) is 2.22. The number of fused-ring (bicyclic) bond motifs is 1. The van der Waals surface area contributed by atoms with Crippen LogP contribution in [0.5, 0.6) is 0 Å². The van der Waals surface area contributed by atoms with Gasteiger partial charge in [-0.05, 0) is 38.5 Å². The Morgan fingerprint density at radius 2 is 1.89 bits per heavy atom. The second-order valence-corrected chi connectivity index (χ2v) is 8.39. The monoisotopic (exact) mass is 397 g/mol. The van der Waals surface area contributed by atoms with Crippen LogP contribution in [-0.2, 0) is 0 Å². The number of thiophene rings is 1. The maximum Gasteiger partial charge on any atom is 0.267 e. The van der Waals surface area contributed by atoms with Crippen molar-refractivity contribution in [1.82, 2.24) is 15.0 Å². The number of piperazine rings is 1. The third-order valence-electron chi connectivity index (χ3n) is 5.14. The fourth-order valence-corrected chi connectivity index (χ4v) is 4.67. The number of quaternary nitrogens is 1. The van der Waals surface area contributed by atoms with E-state index in [2.05, 4.69) is 27.2 Å². The van der Waals surface area contributed by atoms with Crippen molar-refractivity contribution in [3.05, 3.63) is 40.2 Å². The molecule has 2 N–H and O–H groups in total. The molecule has 146 valence electrons. The maximum absolute atomic E-state index is 12.9. The van der Waals surface area contributed by atoms with Crippen molar-refractivity contribution in [2.75, 3.05) is 43.4 Å². The van der Waals surface area contributed by atoms with E-state index >= 15 is 0 Å². The Hall–Kier alpha value is -2.58. The van der Waals surface area contributed by atoms with E-state index in [0.29, 0.717) is 10.7 Å². The zero-order valence-corrected chi connectivity index (χ0v) is 17.5. The number of nitrogens with zero attached hydrogens (tertiary/aromatic N) is 4. The Bertz CT molecular complexity index is 1040. The van der Waals surface area contributed by atoms with Crippen molar-refractivity contribution < 1.29 is 9.69 Å². The van der Waals surface area contributed by atoms with Gasteiger partial charge in [0.05, 0.1) is 43.5 Å². The highest BCUT2D eigenvalue weighted by molar-refractivity contribution is 7.20. The Morgan fingerprint density at radius 3 is 2.61 bits per heavy atom. The lowest BCUT2D eigenvalue weighted by atomic mass is 10.1. The molecule has 0 aliphatic carbocycles. The molecule has 0 spiro atoms. The SMILES string of the molecule is Cc1cccc(NC(=O)c2sc3nc(C)nc(N4CC[NH+](C)CC4)c3c2C)n1. The van der Waals surface area contributed by atoms with Crippen molar-refractivity contribution in [3.8, 4) is 0 Å². The predicted octanol–water partition coefficient (Wildman–Crippen LogP) is 1.60. The van der Waals surface area contributed by atoms with Gasteiger partial charge in [0.25, 0.3) is 5.91 Å². The minimum absolute atomic E-state index is 0.148. The number of amides is 1. The topological polar surface area (TPSA) is 75.5 Å². The molecule has 4 heterocycles. The summed E-state index contributed by atoms with van der Waals surface area (Å²) < 4.78 is 0. The molecule has 0 aromatic carbocycles. The number of hydrogen-bond acceptors (Lipinski definition) is 6. The fourth-order valence-electron chi connectivity index (χ4n) is 3.55. The van der Waals surface area contributed by atoms with Crippen LogP contribution in [0.25, 0.3) is 10.2 Å². The maximum atomic E-state index is 12.9. The summed E-state index contributed by atoms with van der Waals surface area (Å²) in [4.78, 5) is 32.0. The first-order valence-corrected chi connectivity index (χ1v) is 10.3. The van der Waals surface area contributed by atoms with Crippen LogP contribution in [-0.4, -0.2) is 54.1 Å².